The van der Waals surface area contributed by atoms with E-state index in [1.54, 1.807) is 28.6 Å². The summed E-state index contributed by atoms with van der Waals surface area (Å²) in [6, 6.07) is 10.1. The maximum Gasteiger partial charge on any atom is 0.209 e. The molecule has 0 spiro atoms. The summed E-state index contributed by atoms with van der Waals surface area (Å²) >= 11 is 1.59. The second-order valence-corrected chi connectivity index (χ2v) is 5.95. The molecule has 0 unspecified atom stereocenters. The molecule has 0 aliphatic heterocycles. The lowest BCUT2D eigenvalue weighted by Gasteiger charge is -2.02. The zero-order valence-corrected chi connectivity index (χ0v) is 13.4. The number of furan rings is 1. The van der Waals surface area contributed by atoms with Crippen molar-refractivity contribution in [1.29, 1.82) is 0 Å². The second-order valence-electron chi connectivity index (χ2n) is 4.88. The summed E-state index contributed by atoms with van der Waals surface area (Å²) in [6.07, 6.45) is 0. The van der Waals surface area contributed by atoms with Gasteiger partial charge in [-0.3, -0.25) is 0 Å². The molecule has 2 aromatic heterocycles. The zero-order valence-electron chi connectivity index (χ0n) is 12.6. The Bertz CT molecular complexity index is 755. The minimum absolute atomic E-state index is 0.252. The van der Waals surface area contributed by atoms with Crippen molar-refractivity contribution in [3.63, 3.8) is 0 Å². The van der Waals surface area contributed by atoms with E-state index in [4.69, 9.17) is 4.42 Å². The number of nitrogens with zero attached hydrogens (tertiary/aromatic N) is 4. The first-order valence-electron chi connectivity index (χ1n) is 7.13. The molecular formula is C15H16FN5OS. The molecule has 8 heteroatoms. The number of hydrogen-bond donors (Lipinski definition) is 1. The van der Waals surface area contributed by atoms with Crippen LogP contribution in [0.4, 0.5) is 4.39 Å². The third kappa shape index (κ3) is 4.17. The predicted octanol–water partition coefficient (Wildman–Crippen LogP) is 2.49. The zero-order chi connectivity index (χ0) is 16.1. The Labute approximate surface area is 137 Å². The van der Waals surface area contributed by atoms with Gasteiger partial charge in [0.2, 0.25) is 5.16 Å². The Morgan fingerprint density at radius 1 is 1.22 bits per heavy atom. The smallest absolute Gasteiger partial charge is 0.209 e. The molecule has 0 bridgehead atoms. The van der Waals surface area contributed by atoms with Gasteiger partial charge in [0.1, 0.15) is 17.3 Å². The van der Waals surface area contributed by atoms with E-state index in [0.29, 0.717) is 6.54 Å². The number of hydrogen-bond acceptors (Lipinski definition) is 6. The molecule has 1 aromatic carbocycles. The number of benzene rings is 1. The molecule has 3 aromatic rings. The molecule has 0 aliphatic carbocycles. The van der Waals surface area contributed by atoms with Gasteiger partial charge in [-0.05, 0) is 46.8 Å². The van der Waals surface area contributed by atoms with Crippen LogP contribution in [0.3, 0.4) is 0 Å². The number of thioether (sulfide) groups is 1. The SMILES string of the molecule is Cn1nnnc1SCCNCc1ccc(-c2ccc(F)cc2)o1. The fourth-order valence-corrected chi connectivity index (χ4v) is 2.76. The van der Waals surface area contributed by atoms with Gasteiger partial charge in [0.25, 0.3) is 0 Å². The van der Waals surface area contributed by atoms with Crippen LogP contribution in [0.2, 0.25) is 0 Å². The van der Waals surface area contributed by atoms with Gasteiger partial charge in [-0.15, -0.1) is 5.10 Å². The van der Waals surface area contributed by atoms with E-state index in [1.807, 2.05) is 19.2 Å². The number of aryl methyl sites for hydroxylation is 1. The van der Waals surface area contributed by atoms with E-state index < -0.39 is 0 Å². The quantitative estimate of drug-likeness (QED) is 0.529. The lowest BCUT2D eigenvalue weighted by atomic mass is 10.2. The van der Waals surface area contributed by atoms with Crippen molar-refractivity contribution in [2.45, 2.75) is 11.7 Å². The van der Waals surface area contributed by atoms with E-state index in [0.717, 1.165) is 34.5 Å². The molecule has 2 heterocycles. The second kappa shape index (κ2) is 7.38. The first-order valence-corrected chi connectivity index (χ1v) is 8.11. The molecule has 6 nitrogen and oxygen atoms in total. The summed E-state index contributed by atoms with van der Waals surface area (Å²) in [5.74, 6) is 2.19. The van der Waals surface area contributed by atoms with Crippen LogP contribution in [-0.4, -0.2) is 32.5 Å². The summed E-state index contributed by atoms with van der Waals surface area (Å²) in [5.41, 5.74) is 0.864. The molecule has 0 saturated carbocycles. The lowest BCUT2D eigenvalue weighted by molar-refractivity contribution is 0.499. The van der Waals surface area contributed by atoms with Crippen molar-refractivity contribution in [2.24, 2.45) is 7.05 Å². The Hall–Kier alpha value is -2.19. The van der Waals surface area contributed by atoms with Crippen LogP contribution in [0, 0.1) is 5.82 Å². The molecule has 23 heavy (non-hydrogen) atoms. The summed E-state index contributed by atoms with van der Waals surface area (Å²) in [5, 5.41) is 15.4. The summed E-state index contributed by atoms with van der Waals surface area (Å²) in [4.78, 5) is 0. The average Bonchev–Trinajstić information content (AvgIpc) is 3.17. The summed E-state index contributed by atoms with van der Waals surface area (Å²) in [6.45, 7) is 1.45. The number of rotatable bonds is 7. The van der Waals surface area contributed by atoms with Crippen molar-refractivity contribution >= 4 is 11.8 Å². The van der Waals surface area contributed by atoms with Crippen molar-refractivity contribution < 1.29 is 8.81 Å². The van der Waals surface area contributed by atoms with Gasteiger partial charge >= 0.3 is 0 Å². The Morgan fingerprint density at radius 3 is 2.78 bits per heavy atom. The minimum atomic E-state index is -0.252. The van der Waals surface area contributed by atoms with E-state index in [9.17, 15) is 4.39 Å². The third-order valence-corrected chi connectivity index (χ3v) is 4.19. The highest BCUT2D eigenvalue weighted by molar-refractivity contribution is 7.99. The molecular weight excluding hydrogens is 317 g/mol. The van der Waals surface area contributed by atoms with Gasteiger partial charge in [0.15, 0.2) is 0 Å². The highest BCUT2D eigenvalue weighted by atomic mass is 32.2. The monoisotopic (exact) mass is 333 g/mol. The summed E-state index contributed by atoms with van der Waals surface area (Å²) < 4.78 is 20.3. The fourth-order valence-electron chi connectivity index (χ4n) is 2.01. The van der Waals surface area contributed by atoms with Crippen LogP contribution in [0.5, 0.6) is 0 Å². The molecule has 0 aliphatic rings. The summed E-state index contributed by atoms with van der Waals surface area (Å²) in [7, 11) is 1.82. The van der Waals surface area contributed by atoms with E-state index in [2.05, 4.69) is 20.8 Å². The number of tetrazole rings is 1. The van der Waals surface area contributed by atoms with Crippen molar-refractivity contribution in [1.82, 2.24) is 25.5 Å². The highest BCUT2D eigenvalue weighted by Crippen LogP contribution is 2.22. The predicted molar refractivity (Wildman–Crippen MR) is 85.3 cm³/mol. The van der Waals surface area contributed by atoms with Gasteiger partial charge in [0, 0.05) is 24.9 Å². The molecule has 0 fully saturated rings. The third-order valence-electron chi connectivity index (χ3n) is 3.18. The number of aromatic nitrogens is 4. The first kappa shape index (κ1) is 15.7. The standard InChI is InChI=1S/C15H16FN5OS/c1-21-15(18-19-20-21)23-9-8-17-10-13-6-7-14(22-13)11-2-4-12(16)5-3-11/h2-7,17H,8-10H2,1H3. The van der Waals surface area contributed by atoms with Crippen LogP contribution in [0.25, 0.3) is 11.3 Å². The molecule has 0 atom stereocenters. The van der Waals surface area contributed by atoms with Gasteiger partial charge in [-0.2, -0.15) is 0 Å². The Morgan fingerprint density at radius 2 is 2.04 bits per heavy atom. The average molecular weight is 333 g/mol. The van der Waals surface area contributed by atoms with E-state index >= 15 is 0 Å². The molecule has 0 amide bonds. The maximum absolute atomic E-state index is 12.9. The normalized spacial score (nSPS) is 11.0. The minimum Gasteiger partial charge on any atom is -0.460 e. The van der Waals surface area contributed by atoms with Crippen LogP contribution < -0.4 is 5.32 Å². The molecule has 3 rings (SSSR count). The van der Waals surface area contributed by atoms with E-state index in [1.165, 1.54) is 12.1 Å². The lowest BCUT2D eigenvalue weighted by Crippen LogP contribution is -2.16. The largest absolute Gasteiger partial charge is 0.460 e. The fraction of sp³-hybridized carbons (Fsp3) is 0.267. The maximum atomic E-state index is 12.9. The van der Waals surface area contributed by atoms with Crippen LogP contribution in [0.1, 0.15) is 5.76 Å². The Balaban J connectivity index is 1.44. The van der Waals surface area contributed by atoms with Crippen LogP contribution >= 0.6 is 11.8 Å². The highest BCUT2D eigenvalue weighted by Gasteiger charge is 2.05. The van der Waals surface area contributed by atoms with Crippen LogP contribution in [-0.2, 0) is 13.6 Å². The van der Waals surface area contributed by atoms with Crippen molar-refractivity contribution in [2.75, 3.05) is 12.3 Å². The van der Waals surface area contributed by atoms with E-state index in [-0.39, 0.29) is 5.82 Å². The van der Waals surface area contributed by atoms with Crippen molar-refractivity contribution in [3.05, 3.63) is 48.0 Å². The van der Waals surface area contributed by atoms with Crippen LogP contribution in [0.15, 0.2) is 46.0 Å². The van der Waals surface area contributed by atoms with Gasteiger partial charge in [-0.25, -0.2) is 9.07 Å². The number of halogens is 1. The van der Waals surface area contributed by atoms with Gasteiger partial charge < -0.3 is 9.73 Å². The molecule has 120 valence electrons. The molecule has 0 radical (unpaired) electrons. The Kier molecular flexibility index (Phi) is 5.04. The number of nitrogens with one attached hydrogen (secondary N) is 1. The molecule has 0 saturated heterocycles. The van der Waals surface area contributed by atoms with Gasteiger partial charge in [0.05, 0.1) is 6.54 Å². The first-order chi connectivity index (χ1) is 11.2. The topological polar surface area (TPSA) is 68.8 Å². The van der Waals surface area contributed by atoms with Gasteiger partial charge in [-0.1, -0.05) is 11.8 Å². The van der Waals surface area contributed by atoms with Crippen molar-refractivity contribution in [3.8, 4) is 11.3 Å². The molecule has 1 N–H and O–H groups in total.